The number of nitrogens with zero attached hydrogens (tertiary/aromatic N) is 2. The topological polar surface area (TPSA) is 95.7 Å². The highest BCUT2D eigenvalue weighted by atomic mass is 32.2. The highest BCUT2D eigenvalue weighted by Gasteiger charge is 2.36. The monoisotopic (exact) mass is 264 g/mol. The van der Waals surface area contributed by atoms with Gasteiger partial charge in [0.05, 0.1) is 0 Å². The lowest BCUT2D eigenvalue weighted by molar-refractivity contribution is -0.126. The Hall–Kier alpha value is -0.700. The minimum Gasteiger partial charge on any atom is -0.353 e. The summed E-state index contributed by atoms with van der Waals surface area (Å²) in [5.74, 6) is -0.257. The van der Waals surface area contributed by atoms with Crippen molar-refractivity contribution in [3.63, 3.8) is 0 Å². The number of carbonyl (C=O) groups is 1. The van der Waals surface area contributed by atoms with E-state index in [1.807, 2.05) is 0 Å². The first kappa shape index (κ1) is 14.4. The molecule has 1 atom stereocenters. The highest BCUT2D eigenvalue weighted by molar-refractivity contribution is 7.86. The molecule has 1 amide bonds. The molecule has 100 valence electrons. The Balaban J connectivity index is 2.78. The van der Waals surface area contributed by atoms with Crippen LogP contribution in [0, 0.1) is 0 Å². The van der Waals surface area contributed by atoms with Crippen LogP contribution in [0.3, 0.4) is 0 Å². The first-order valence-electron chi connectivity index (χ1n) is 5.62. The summed E-state index contributed by atoms with van der Waals surface area (Å²) in [6.07, 6.45) is 0.601. The molecule has 1 unspecified atom stereocenters. The predicted molar refractivity (Wildman–Crippen MR) is 64.4 cm³/mol. The van der Waals surface area contributed by atoms with Gasteiger partial charge in [0.15, 0.2) is 0 Å². The zero-order valence-electron chi connectivity index (χ0n) is 10.2. The summed E-state index contributed by atoms with van der Waals surface area (Å²) in [6.45, 7) is 3.05. The van der Waals surface area contributed by atoms with Gasteiger partial charge in [-0.15, -0.1) is 0 Å². The Labute approximate surface area is 102 Å². The molecule has 0 aromatic rings. The summed E-state index contributed by atoms with van der Waals surface area (Å²) >= 11 is 0. The molecule has 0 aromatic heterocycles. The largest absolute Gasteiger partial charge is 0.353 e. The lowest BCUT2D eigenvalue weighted by Crippen LogP contribution is -2.58. The fraction of sp³-hybridized carbons (Fsp3) is 0.889. The van der Waals surface area contributed by atoms with Crippen LogP contribution >= 0.6 is 0 Å². The Kier molecular flexibility index (Phi) is 4.87. The van der Waals surface area contributed by atoms with E-state index >= 15 is 0 Å². The average Bonchev–Trinajstić information content (AvgIpc) is 2.29. The van der Waals surface area contributed by atoms with Crippen molar-refractivity contribution in [3.8, 4) is 0 Å². The molecule has 0 bridgehead atoms. The Morgan fingerprint density at radius 3 is 2.82 bits per heavy atom. The van der Waals surface area contributed by atoms with E-state index in [1.54, 1.807) is 6.92 Å². The molecule has 1 aliphatic rings. The molecule has 0 aromatic carbocycles. The first-order chi connectivity index (χ1) is 7.91. The number of piperazine rings is 1. The fourth-order valence-corrected chi connectivity index (χ4v) is 3.22. The van der Waals surface area contributed by atoms with E-state index in [2.05, 4.69) is 5.32 Å². The van der Waals surface area contributed by atoms with Gasteiger partial charge in [0.2, 0.25) is 5.91 Å². The van der Waals surface area contributed by atoms with Crippen LogP contribution in [0.15, 0.2) is 0 Å². The molecule has 0 spiro atoms. The average molecular weight is 264 g/mol. The van der Waals surface area contributed by atoms with E-state index in [4.69, 9.17) is 5.73 Å². The van der Waals surface area contributed by atoms with Crippen LogP contribution in [0.4, 0.5) is 0 Å². The van der Waals surface area contributed by atoms with Gasteiger partial charge in [-0.05, 0) is 19.9 Å². The van der Waals surface area contributed by atoms with Crippen molar-refractivity contribution in [3.05, 3.63) is 0 Å². The lowest BCUT2D eigenvalue weighted by Gasteiger charge is -2.34. The second-order valence-corrected chi connectivity index (χ2v) is 6.04. The van der Waals surface area contributed by atoms with Crippen molar-refractivity contribution >= 4 is 16.1 Å². The third-order valence-electron chi connectivity index (χ3n) is 2.81. The van der Waals surface area contributed by atoms with Crippen molar-refractivity contribution in [2.75, 3.05) is 33.2 Å². The molecule has 0 radical (unpaired) electrons. The van der Waals surface area contributed by atoms with E-state index in [9.17, 15) is 13.2 Å². The van der Waals surface area contributed by atoms with Crippen molar-refractivity contribution in [2.24, 2.45) is 5.73 Å². The molecule has 1 rings (SSSR count). The van der Waals surface area contributed by atoms with Crippen molar-refractivity contribution in [1.29, 1.82) is 0 Å². The third-order valence-corrected chi connectivity index (χ3v) is 4.87. The quantitative estimate of drug-likeness (QED) is 0.621. The highest BCUT2D eigenvalue weighted by Crippen LogP contribution is 2.13. The third kappa shape index (κ3) is 3.15. The lowest BCUT2D eigenvalue weighted by atomic mass is 10.2. The second kappa shape index (κ2) is 5.76. The first-order valence-corrected chi connectivity index (χ1v) is 7.02. The van der Waals surface area contributed by atoms with E-state index in [1.165, 1.54) is 15.7 Å². The predicted octanol–water partition coefficient (Wildman–Crippen LogP) is -1.67. The smallest absolute Gasteiger partial charge is 0.282 e. The second-order valence-electron chi connectivity index (χ2n) is 4.05. The van der Waals surface area contributed by atoms with Crippen LogP contribution in [-0.4, -0.2) is 62.2 Å². The summed E-state index contributed by atoms with van der Waals surface area (Å²) in [5, 5.41) is 2.63. The van der Waals surface area contributed by atoms with Gasteiger partial charge in [-0.2, -0.15) is 17.0 Å². The molecule has 0 aliphatic carbocycles. The number of nitrogens with one attached hydrogen (secondary N) is 1. The standard InChI is InChI=1S/C9H20N4O3S/c1-8-9(14)11-5-7-13(8)17(15,16)12(2)6-3-4-10/h8H,3-7,10H2,1-2H3,(H,11,14). The van der Waals surface area contributed by atoms with E-state index in [-0.39, 0.29) is 5.91 Å². The number of nitrogens with two attached hydrogens (primary N) is 1. The van der Waals surface area contributed by atoms with Gasteiger partial charge in [0.1, 0.15) is 6.04 Å². The van der Waals surface area contributed by atoms with Crippen LogP contribution in [0.1, 0.15) is 13.3 Å². The van der Waals surface area contributed by atoms with Crippen LogP contribution in [0.25, 0.3) is 0 Å². The molecule has 1 aliphatic heterocycles. The summed E-state index contributed by atoms with van der Waals surface area (Å²) in [4.78, 5) is 11.4. The Morgan fingerprint density at radius 2 is 2.24 bits per heavy atom. The molecule has 0 saturated carbocycles. The molecule has 8 heteroatoms. The SMILES string of the molecule is CC1C(=O)NCCN1S(=O)(=O)N(C)CCCN. The molecular weight excluding hydrogens is 244 g/mol. The van der Waals surface area contributed by atoms with Gasteiger partial charge >= 0.3 is 0 Å². The number of carbonyl (C=O) groups excluding carboxylic acids is 1. The summed E-state index contributed by atoms with van der Waals surface area (Å²) < 4.78 is 26.8. The van der Waals surface area contributed by atoms with Crippen LogP contribution in [0.2, 0.25) is 0 Å². The molecule has 17 heavy (non-hydrogen) atoms. The van der Waals surface area contributed by atoms with Crippen LogP contribution in [0.5, 0.6) is 0 Å². The molecular formula is C9H20N4O3S. The minimum absolute atomic E-state index is 0.257. The maximum Gasteiger partial charge on any atom is 0.282 e. The zero-order valence-corrected chi connectivity index (χ0v) is 11.0. The van der Waals surface area contributed by atoms with Crippen molar-refractivity contribution in [2.45, 2.75) is 19.4 Å². The van der Waals surface area contributed by atoms with Crippen molar-refractivity contribution in [1.82, 2.24) is 13.9 Å². The van der Waals surface area contributed by atoms with Gasteiger partial charge in [0.25, 0.3) is 10.2 Å². The molecule has 1 fully saturated rings. The van der Waals surface area contributed by atoms with Gasteiger partial charge in [-0.1, -0.05) is 0 Å². The number of amides is 1. The zero-order chi connectivity index (χ0) is 13.1. The van der Waals surface area contributed by atoms with Gasteiger partial charge in [-0.25, -0.2) is 0 Å². The molecule has 3 N–H and O–H groups in total. The number of hydrogen-bond donors (Lipinski definition) is 2. The van der Waals surface area contributed by atoms with E-state index < -0.39 is 16.3 Å². The van der Waals surface area contributed by atoms with Gasteiger partial charge < -0.3 is 11.1 Å². The normalized spacial score (nSPS) is 22.8. The minimum atomic E-state index is -3.57. The van der Waals surface area contributed by atoms with Gasteiger partial charge in [0, 0.05) is 26.7 Å². The van der Waals surface area contributed by atoms with Crippen LogP contribution in [-0.2, 0) is 15.0 Å². The summed E-state index contributed by atoms with van der Waals surface area (Å²) in [7, 11) is -2.06. The number of hydrogen-bond acceptors (Lipinski definition) is 4. The maximum atomic E-state index is 12.2. The van der Waals surface area contributed by atoms with E-state index in [0.717, 1.165) is 0 Å². The Morgan fingerprint density at radius 1 is 1.59 bits per heavy atom. The maximum absolute atomic E-state index is 12.2. The van der Waals surface area contributed by atoms with E-state index in [0.29, 0.717) is 32.6 Å². The van der Waals surface area contributed by atoms with Crippen molar-refractivity contribution < 1.29 is 13.2 Å². The molecule has 7 nitrogen and oxygen atoms in total. The Bertz CT molecular complexity index is 370. The summed E-state index contributed by atoms with van der Waals surface area (Å²) in [5.41, 5.74) is 5.35. The molecule has 1 heterocycles. The number of rotatable bonds is 5. The van der Waals surface area contributed by atoms with Gasteiger partial charge in [-0.3, -0.25) is 4.79 Å². The molecule has 1 saturated heterocycles. The van der Waals surface area contributed by atoms with Crippen LogP contribution < -0.4 is 11.1 Å². The fourth-order valence-electron chi connectivity index (χ4n) is 1.68. The summed E-state index contributed by atoms with van der Waals surface area (Å²) in [6, 6.07) is -0.658.